The van der Waals surface area contributed by atoms with E-state index in [1.807, 2.05) is 32.9 Å². The minimum atomic E-state index is -0.193. The number of halogens is 1. The van der Waals surface area contributed by atoms with Crippen LogP contribution in [0.3, 0.4) is 0 Å². The van der Waals surface area contributed by atoms with Gasteiger partial charge in [0.15, 0.2) is 0 Å². The number of nitrogens with zero attached hydrogens (tertiary/aromatic N) is 6. The largest absolute Gasteiger partial charge is 0.269 e. The number of aryl methyl sites for hydroxylation is 1. The summed E-state index contributed by atoms with van der Waals surface area (Å²) >= 11 is 0. The first-order valence-electron chi connectivity index (χ1n) is 6.35. The van der Waals surface area contributed by atoms with Crippen LogP contribution in [0.1, 0.15) is 25.5 Å². The molecule has 3 aromatic rings. The summed E-state index contributed by atoms with van der Waals surface area (Å²) in [4.78, 5) is 18.3. The summed E-state index contributed by atoms with van der Waals surface area (Å²) in [5.74, 6) is 0.298. The quantitative estimate of drug-likeness (QED) is 0.719. The number of aromatic nitrogens is 6. The Hall–Kier alpha value is -2.28. The van der Waals surface area contributed by atoms with Crippen LogP contribution in [0.25, 0.3) is 17.0 Å². The van der Waals surface area contributed by atoms with Crippen LogP contribution >= 0.6 is 12.4 Å². The Balaban J connectivity index is 0.00000161. The Labute approximate surface area is 127 Å². The maximum atomic E-state index is 12.5. The normalized spacial score (nSPS) is 10.9. The van der Waals surface area contributed by atoms with Crippen LogP contribution in [0.4, 0.5) is 0 Å². The molecular formula is C13H15ClN6O. The number of fused-ring (bicyclic) bond motifs is 1. The number of hydrogen-bond donors (Lipinski definition) is 0. The maximum absolute atomic E-state index is 12.5. The summed E-state index contributed by atoms with van der Waals surface area (Å²) in [6, 6.07) is 3.82. The van der Waals surface area contributed by atoms with Crippen LogP contribution in [-0.4, -0.2) is 29.6 Å². The average Bonchev–Trinajstić information content (AvgIpc) is 2.90. The molecule has 7 nitrogen and oxygen atoms in total. The van der Waals surface area contributed by atoms with E-state index in [4.69, 9.17) is 0 Å². The summed E-state index contributed by atoms with van der Waals surface area (Å²) in [6.45, 7) is 5.80. The number of pyridine rings is 1. The molecule has 0 fully saturated rings. The van der Waals surface area contributed by atoms with Crippen molar-refractivity contribution in [1.29, 1.82) is 0 Å². The minimum absolute atomic E-state index is 0. The first-order valence-corrected chi connectivity index (χ1v) is 6.35. The van der Waals surface area contributed by atoms with Gasteiger partial charge in [0.05, 0.1) is 6.04 Å². The highest BCUT2D eigenvalue weighted by atomic mass is 35.5. The highest BCUT2D eigenvalue weighted by Gasteiger charge is 2.14. The Morgan fingerprint density at radius 1 is 1.29 bits per heavy atom. The SMILES string of the molecule is Cc1cccn2c(=O)c(-c3nnn(C(C)C)n3)cnc12.Cl. The van der Waals surface area contributed by atoms with E-state index < -0.39 is 0 Å². The molecule has 0 aliphatic heterocycles. The summed E-state index contributed by atoms with van der Waals surface area (Å²) in [5, 5.41) is 12.1. The van der Waals surface area contributed by atoms with Gasteiger partial charge in [0.2, 0.25) is 5.82 Å². The molecule has 0 saturated heterocycles. The Morgan fingerprint density at radius 2 is 2.05 bits per heavy atom. The van der Waals surface area contributed by atoms with Crippen LogP contribution in [0.5, 0.6) is 0 Å². The Morgan fingerprint density at radius 3 is 2.71 bits per heavy atom. The molecule has 0 aromatic carbocycles. The second-order valence-electron chi connectivity index (χ2n) is 4.89. The van der Waals surface area contributed by atoms with Crippen molar-refractivity contribution in [2.24, 2.45) is 0 Å². The van der Waals surface area contributed by atoms with Crippen LogP contribution < -0.4 is 5.56 Å². The van der Waals surface area contributed by atoms with Crippen LogP contribution in [-0.2, 0) is 0 Å². The maximum Gasteiger partial charge on any atom is 0.269 e. The minimum Gasteiger partial charge on any atom is -0.268 e. The molecule has 0 bridgehead atoms. The van der Waals surface area contributed by atoms with Crippen molar-refractivity contribution >= 4 is 18.1 Å². The smallest absolute Gasteiger partial charge is 0.268 e. The lowest BCUT2D eigenvalue weighted by Gasteiger charge is -2.03. The number of hydrogen-bond acceptors (Lipinski definition) is 5. The van der Waals surface area contributed by atoms with Crippen molar-refractivity contribution in [1.82, 2.24) is 29.6 Å². The fourth-order valence-electron chi connectivity index (χ4n) is 1.95. The Kier molecular flexibility index (Phi) is 4.04. The molecule has 3 heterocycles. The standard InChI is InChI=1S/C13H14N6O.ClH/c1-8(2)19-16-11(15-17-19)10-7-14-12-9(3)5-4-6-18(12)13(10)20;/h4-8H,1-3H3;1H. The van der Waals surface area contributed by atoms with Crippen molar-refractivity contribution in [2.75, 3.05) is 0 Å². The van der Waals surface area contributed by atoms with Gasteiger partial charge in [0.25, 0.3) is 5.56 Å². The zero-order chi connectivity index (χ0) is 14.3. The van der Waals surface area contributed by atoms with Gasteiger partial charge in [-0.1, -0.05) is 6.07 Å². The first-order chi connectivity index (χ1) is 9.58. The average molecular weight is 307 g/mol. The van der Waals surface area contributed by atoms with E-state index in [-0.39, 0.29) is 24.0 Å². The summed E-state index contributed by atoms with van der Waals surface area (Å²) in [7, 11) is 0. The molecule has 0 spiro atoms. The summed E-state index contributed by atoms with van der Waals surface area (Å²) in [5.41, 5.74) is 1.73. The van der Waals surface area contributed by atoms with Gasteiger partial charge >= 0.3 is 0 Å². The molecule has 0 N–H and O–H groups in total. The summed E-state index contributed by atoms with van der Waals surface area (Å²) < 4.78 is 1.50. The Bertz CT molecular complexity index is 838. The van der Waals surface area contributed by atoms with Crippen molar-refractivity contribution in [3.8, 4) is 11.4 Å². The van der Waals surface area contributed by atoms with E-state index in [2.05, 4.69) is 20.4 Å². The van der Waals surface area contributed by atoms with Crippen molar-refractivity contribution in [3.63, 3.8) is 0 Å². The highest BCUT2D eigenvalue weighted by Crippen LogP contribution is 2.11. The van der Waals surface area contributed by atoms with Crippen molar-refractivity contribution in [2.45, 2.75) is 26.8 Å². The molecule has 3 aromatic heterocycles. The third kappa shape index (κ3) is 2.52. The van der Waals surface area contributed by atoms with E-state index >= 15 is 0 Å². The third-order valence-corrected chi connectivity index (χ3v) is 3.06. The molecule has 0 amide bonds. The van der Waals surface area contributed by atoms with Gasteiger partial charge in [-0.3, -0.25) is 9.20 Å². The van der Waals surface area contributed by atoms with Gasteiger partial charge < -0.3 is 0 Å². The fourth-order valence-corrected chi connectivity index (χ4v) is 1.95. The molecule has 0 radical (unpaired) electrons. The van der Waals surface area contributed by atoms with Gasteiger partial charge in [0.1, 0.15) is 11.2 Å². The second-order valence-corrected chi connectivity index (χ2v) is 4.89. The van der Waals surface area contributed by atoms with E-state index in [0.717, 1.165) is 5.56 Å². The van der Waals surface area contributed by atoms with E-state index in [0.29, 0.717) is 17.0 Å². The zero-order valence-corrected chi connectivity index (χ0v) is 12.7. The molecular weight excluding hydrogens is 292 g/mol. The molecule has 0 saturated carbocycles. The molecule has 0 aliphatic rings. The summed E-state index contributed by atoms with van der Waals surface area (Å²) in [6.07, 6.45) is 3.19. The molecule has 0 unspecified atom stereocenters. The lowest BCUT2D eigenvalue weighted by Crippen LogP contribution is -2.17. The molecule has 3 rings (SSSR count). The van der Waals surface area contributed by atoms with Crippen molar-refractivity contribution < 1.29 is 0 Å². The van der Waals surface area contributed by atoms with Crippen molar-refractivity contribution in [3.05, 3.63) is 40.4 Å². The van der Waals surface area contributed by atoms with E-state index in [1.165, 1.54) is 15.4 Å². The zero-order valence-electron chi connectivity index (χ0n) is 11.9. The van der Waals surface area contributed by atoms with Crippen LogP contribution in [0.15, 0.2) is 29.3 Å². The molecule has 21 heavy (non-hydrogen) atoms. The van der Waals surface area contributed by atoms with Crippen LogP contribution in [0, 0.1) is 6.92 Å². The highest BCUT2D eigenvalue weighted by molar-refractivity contribution is 5.85. The van der Waals surface area contributed by atoms with Gasteiger partial charge in [0, 0.05) is 12.4 Å². The fraction of sp³-hybridized carbons (Fsp3) is 0.308. The van der Waals surface area contributed by atoms with E-state index in [1.54, 1.807) is 6.20 Å². The topological polar surface area (TPSA) is 78.0 Å². The lowest BCUT2D eigenvalue weighted by molar-refractivity contribution is 0.455. The molecule has 0 atom stereocenters. The van der Waals surface area contributed by atoms with Gasteiger partial charge in [-0.25, -0.2) is 4.98 Å². The first kappa shape index (κ1) is 15.1. The van der Waals surface area contributed by atoms with Gasteiger partial charge in [-0.05, 0) is 37.6 Å². The lowest BCUT2D eigenvalue weighted by atomic mass is 10.2. The predicted octanol–water partition coefficient (Wildman–Crippen LogP) is 1.66. The van der Waals surface area contributed by atoms with Gasteiger partial charge in [-0.15, -0.1) is 22.6 Å². The third-order valence-electron chi connectivity index (χ3n) is 3.06. The van der Waals surface area contributed by atoms with E-state index in [9.17, 15) is 4.79 Å². The monoisotopic (exact) mass is 306 g/mol. The second kappa shape index (κ2) is 5.61. The number of rotatable bonds is 2. The number of tetrazole rings is 1. The molecule has 8 heteroatoms. The van der Waals surface area contributed by atoms with Crippen LogP contribution in [0.2, 0.25) is 0 Å². The predicted molar refractivity (Wildman–Crippen MR) is 80.6 cm³/mol. The molecule has 0 aliphatic carbocycles. The van der Waals surface area contributed by atoms with Gasteiger partial charge in [-0.2, -0.15) is 4.80 Å². The molecule has 110 valence electrons.